The zero-order valence-corrected chi connectivity index (χ0v) is 12.1. The highest BCUT2D eigenvalue weighted by atomic mass is 16.5. The van der Waals surface area contributed by atoms with E-state index in [1.807, 2.05) is 18.2 Å². The van der Waals surface area contributed by atoms with Crippen LogP contribution in [0, 0.1) is 0 Å². The molecular formula is C15H21N3O3. The summed E-state index contributed by atoms with van der Waals surface area (Å²) < 4.78 is 5.38. The third-order valence-corrected chi connectivity index (χ3v) is 3.35. The van der Waals surface area contributed by atoms with Crippen molar-refractivity contribution < 1.29 is 14.3 Å². The van der Waals surface area contributed by atoms with Crippen molar-refractivity contribution in [1.29, 1.82) is 0 Å². The van der Waals surface area contributed by atoms with Gasteiger partial charge in [-0.1, -0.05) is 12.1 Å². The molecule has 114 valence electrons. The zero-order valence-electron chi connectivity index (χ0n) is 12.1. The third kappa shape index (κ3) is 4.54. The van der Waals surface area contributed by atoms with E-state index in [2.05, 4.69) is 16.0 Å². The first kappa shape index (κ1) is 15.5. The van der Waals surface area contributed by atoms with Crippen molar-refractivity contribution in [3.63, 3.8) is 0 Å². The van der Waals surface area contributed by atoms with Gasteiger partial charge in [-0.15, -0.1) is 0 Å². The Morgan fingerprint density at radius 2 is 2.29 bits per heavy atom. The summed E-state index contributed by atoms with van der Waals surface area (Å²) in [6.45, 7) is 2.43. The Balaban J connectivity index is 1.80. The predicted octanol–water partition coefficient (Wildman–Crippen LogP) is -0.307. The molecule has 6 heteroatoms. The minimum atomic E-state index is -0.407. The molecule has 1 aliphatic rings. The predicted molar refractivity (Wildman–Crippen MR) is 79.2 cm³/mol. The Morgan fingerprint density at radius 1 is 1.43 bits per heavy atom. The first-order valence-electron chi connectivity index (χ1n) is 7.12. The smallest absolute Gasteiger partial charge is 0.251 e. The van der Waals surface area contributed by atoms with Gasteiger partial charge < -0.3 is 20.7 Å². The molecule has 3 N–H and O–H groups in total. The molecule has 21 heavy (non-hydrogen) atoms. The molecule has 1 aromatic rings. The minimum absolute atomic E-state index is 0.0929. The average molecular weight is 291 g/mol. The van der Waals surface area contributed by atoms with Crippen molar-refractivity contribution in [2.24, 2.45) is 0 Å². The highest BCUT2D eigenvalue weighted by Crippen LogP contribution is 2.06. The van der Waals surface area contributed by atoms with Gasteiger partial charge in [0, 0.05) is 32.2 Å². The maximum atomic E-state index is 11.9. The molecule has 2 amide bonds. The average Bonchev–Trinajstić information content (AvgIpc) is 2.55. The molecule has 1 atom stereocenters. The molecular weight excluding hydrogens is 270 g/mol. The van der Waals surface area contributed by atoms with Crippen molar-refractivity contribution in [2.45, 2.75) is 12.5 Å². The number of nitrogens with one attached hydrogen (secondary N) is 3. The van der Waals surface area contributed by atoms with Crippen molar-refractivity contribution in [3.05, 3.63) is 35.4 Å². The van der Waals surface area contributed by atoms with Gasteiger partial charge in [0.15, 0.2) is 0 Å². The van der Waals surface area contributed by atoms with E-state index in [1.165, 1.54) is 0 Å². The number of hydrogen-bond donors (Lipinski definition) is 3. The third-order valence-electron chi connectivity index (χ3n) is 3.35. The number of ether oxygens (including phenoxy) is 1. The van der Waals surface area contributed by atoms with Crippen LogP contribution in [-0.2, 0) is 16.0 Å². The Bertz CT molecular complexity index is 499. The van der Waals surface area contributed by atoms with E-state index in [0.717, 1.165) is 12.1 Å². The number of hydrogen-bond acceptors (Lipinski definition) is 4. The van der Waals surface area contributed by atoms with Crippen molar-refractivity contribution in [2.75, 3.05) is 33.3 Å². The number of amides is 2. The molecule has 0 spiro atoms. The summed E-state index contributed by atoms with van der Waals surface area (Å²) in [5, 5.41) is 8.57. The molecule has 0 aliphatic carbocycles. The van der Waals surface area contributed by atoms with Gasteiger partial charge in [0.2, 0.25) is 5.91 Å². The van der Waals surface area contributed by atoms with E-state index in [0.29, 0.717) is 31.7 Å². The fraction of sp³-hybridized carbons (Fsp3) is 0.467. The Hall–Kier alpha value is -1.92. The van der Waals surface area contributed by atoms with Crippen molar-refractivity contribution >= 4 is 11.8 Å². The van der Waals surface area contributed by atoms with E-state index < -0.39 is 6.10 Å². The van der Waals surface area contributed by atoms with Crippen LogP contribution in [0.2, 0.25) is 0 Å². The molecule has 1 heterocycles. The number of morpholine rings is 1. The molecule has 1 aliphatic heterocycles. The van der Waals surface area contributed by atoms with Gasteiger partial charge in [0.25, 0.3) is 5.91 Å². The van der Waals surface area contributed by atoms with E-state index in [-0.39, 0.29) is 11.8 Å². The second-order valence-corrected chi connectivity index (χ2v) is 4.88. The van der Waals surface area contributed by atoms with Crippen LogP contribution in [0.25, 0.3) is 0 Å². The highest BCUT2D eigenvalue weighted by molar-refractivity contribution is 5.94. The fourth-order valence-corrected chi connectivity index (χ4v) is 2.19. The normalized spacial score (nSPS) is 18.0. The van der Waals surface area contributed by atoms with Crippen molar-refractivity contribution in [1.82, 2.24) is 16.0 Å². The molecule has 1 unspecified atom stereocenters. The van der Waals surface area contributed by atoms with Crippen LogP contribution in [0.3, 0.4) is 0 Å². The summed E-state index contributed by atoms with van der Waals surface area (Å²) in [4.78, 5) is 23.4. The minimum Gasteiger partial charge on any atom is -0.366 e. The Morgan fingerprint density at radius 3 is 3.00 bits per heavy atom. The molecule has 1 saturated heterocycles. The van der Waals surface area contributed by atoms with Gasteiger partial charge in [-0.3, -0.25) is 9.59 Å². The van der Waals surface area contributed by atoms with E-state index in [9.17, 15) is 9.59 Å². The Labute approximate surface area is 124 Å². The van der Waals surface area contributed by atoms with Crippen LogP contribution >= 0.6 is 0 Å². The number of carbonyl (C=O) groups excluding carboxylic acids is 2. The summed E-state index contributed by atoms with van der Waals surface area (Å²) >= 11 is 0. The Kier molecular flexibility index (Phi) is 5.71. The second-order valence-electron chi connectivity index (χ2n) is 4.88. The second kappa shape index (κ2) is 7.75. The summed E-state index contributed by atoms with van der Waals surface area (Å²) in [5.74, 6) is -0.202. The number of carbonyl (C=O) groups is 2. The van der Waals surface area contributed by atoms with E-state index in [4.69, 9.17) is 4.74 Å². The van der Waals surface area contributed by atoms with Crippen LogP contribution in [0.4, 0.5) is 0 Å². The van der Waals surface area contributed by atoms with Crippen LogP contribution in [0.1, 0.15) is 15.9 Å². The topological polar surface area (TPSA) is 79.5 Å². The summed E-state index contributed by atoms with van der Waals surface area (Å²) in [6, 6.07) is 7.39. The van der Waals surface area contributed by atoms with E-state index >= 15 is 0 Å². The van der Waals surface area contributed by atoms with Gasteiger partial charge in [-0.25, -0.2) is 0 Å². The molecule has 0 radical (unpaired) electrons. The van der Waals surface area contributed by atoms with Gasteiger partial charge in [-0.2, -0.15) is 0 Å². The molecule has 6 nitrogen and oxygen atoms in total. The molecule has 0 saturated carbocycles. The number of rotatable bonds is 5. The van der Waals surface area contributed by atoms with Crippen LogP contribution in [0.5, 0.6) is 0 Å². The largest absolute Gasteiger partial charge is 0.366 e. The molecule has 2 rings (SSSR count). The van der Waals surface area contributed by atoms with E-state index in [1.54, 1.807) is 13.1 Å². The summed E-state index contributed by atoms with van der Waals surface area (Å²) in [5.41, 5.74) is 1.64. The summed E-state index contributed by atoms with van der Waals surface area (Å²) in [7, 11) is 1.60. The van der Waals surface area contributed by atoms with Gasteiger partial charge in [0.05, 0.1) is 6.61 Å². The maximum Gasteiger partial charge on any atom is 0.251 e. The highest BCUT2D eigenvalue weighted by Gasteiger charge is 2.20. The standard InChI is InChI=1S/C15H21N3O3/c1-16-14(19)12-4-2-3-11(9-12)5-6-18-15(20)13-10-17-7-8-21-13/h2-4,9,13,17H,5-8,10H2,1H3,(H,16,19)(H,18,20). The molecule has 1 aromatic carbocycles. The first-order valence-corrected chi connectivity index (χ1v) is 7.12. The zero-order chi connectivity index (χ0) is 15.1. The molecule has 1 fully saturated rings. The van der Waals surface area contributed by atoms with Gasteiger partial charge in [0.1, 0.15) is 6.10 Å². The maximum absolute atomic E-state index is 11.9. The lowest BCUT2D eigenvalue weighted by Crippen LogP contribution is -2.48. The van der Waals surface area contributed by atoms with Crippen LogP contribution in [-0.4, -0.2) is 51.2 Å². The van der Waals surface area contributed by atoms with Crippen LogP contribution in [0.15, 0.2) is 24.3 Å². The molecule has 0 aromatic heterocycles. The summed E-state index contributed by atoms with van der Waals surface area (Å²) in [6.07, 6.45) is 0.271. The quantitative estimate of drug-likeness (QED) is 0.695. The van der Waals surface area contributed by atoms with Gasteiger partial charge in [-0.05, 0) is 24.1 Å². The fourth-order valence-electron chi connectivity index (χ4n) is 2.19. The lowest BCUT2D eigenvalue weighted by molar-refractivity contribution is -0.134. The number of benzene rings is 1. The first-order chi connectivity index (χ1) is 10.2. The lowest BCUT2D eigenvalue weighted by atomic mass is 10.1. The van der Waals surface area contributed by atoms with Crippen LogP contribution < -0.4 is 16.0 Å². The monoisotopic (exact) mass is 291 g/mol. The van der Waals surface area contributed by atoms with Crippen molar-refractivity contribution in [3.8, 4) is 0 Å². The van der Waals surface area contributed by atoms with Gasteiger partial charge >= 0.3 is 0 Å². The molecule has 0 bridgehead atoms. The lowest BCUT2D eigenvalue weighted by Gasteiger charge is -2.22. The SMILES string of the molecule is CNC(=O)c1cccc(CCNC(=O)C2CNCCO2)c1.